The number of hydrogen-bond donors (Lipinski definition) is 1. The SMILES string of the molecule is Cc1cccc(C)c1C(C(=O)O)N1CCC(CCN2[C@@H]3CC[C@H]2C[C@@H](n2c(C)nc4ccccc42)C3)(c2ccccc2)CC1. The second-order valence-electron chi connectivity index (χ2n) is 13.7. The highest BCUT2D eigenvalue weighted by atomic mass is 16.4. The van der Waals surface area contributed by atoms with Gasteiger partial charge in [0.15, 0.2) is 0 Å². The number of carboxylic acids is 1. The predicted molar refractivity (Wildman–Crippen MR) is 176 cm³/mol. The first-order valence-electron chi connectivity index (χ1n) is 16.6. The van der Waals surface area contributed by atoms with Crippen LogP contribution in [0.5, 0.6) is 0 Å². The van der Waals surface area contributed by atoms with E-state index < -0.39 is 12.0 Å². The number of carboxylic acid groups (broad SMARTS) is 1. The van der Waals surface area contributed by atoms with E-state index in [9.17, 15) is 9.90 Å². The van der Waals surface area contributed by atoms with Crippen LogP contribution >= 0.6 is 0 Å². The van der Waals surface area contributed by atoms with Gasteiger partial charge in [-0.15, -0.1) is 0 Å². The van der Waals surface area contributed by atoms with E-state index in [1.807, 2.05) is 32.0 Å². The number of imidazole rings is 1. The van der Waals surface area contributed by atoms with Crippen molar-refractivity contribution in [2.24, 2.45) is 0 Å². The van der Waals surface area contributed by atoms with Gasteiger partial charge in [-0.3, -0.25) is 14.6 Å². The maximum atomic E-state index is 12.7. The minimum atomic E-state index is -0.741. The predicted octanol–water partition coefficient (Wildman–Crippen LogP) is 7.38. The molecule has 4 heterocycles. The number of aliphatic carboxylic acids is 1. The molecule has 6 nitrogen and oxygen atoms in total. The molecule has 4 atom stereocenters. The van der Waals surface area contributed by atoms with Gasteiger partial charge in [-0.05, 0) is 112 Å². The smallest absolute Gasteiger partial charge is 0.325 e. The van der Waals surface area contributed by atoms with Crippen molar-refractivity contribution in [3.8, 4) is 0 Å². The molecule has 6 heteroatoms. The van der Waals surface area contributed by atoms with E-state index in [-0.39, 0.29) is 5.41 Å². The first kappa shape index (κ1) is 29.2. The van der Waals surface area contributed by atoms with Crippen LogP contribution in [-0.4, -0.2) is 62.1 Å². The van der Waals surface area contributed by atoms with Crippen molar-refractivity contribution in [3.63, 3.8) is 0 Å². The van der Waals surface area contributed by atoms with Crippen molar-refractivity contribution in [2.75, 3.05) is 19.6 Å². The van der Waals surface area contributed by atoms with Gasteiger partial charge in [0.05, 0.1) is 11.0 Å². The second-order valence-corrected chi connectivity index (χ2v) is 13.7. The third-order valence-electron chi connectivity index (χ3n) is 11.4. The summed E-state index contributed by atoms with van der Waals surface area (Å²) in [5, 5.41) is 10.4. The fourth-order valence-corrected chi connectivity index (χ4v) is 9.20. The van der Waals surface area contributed by atoms with E-state index in [1.165, 1.54) is 36.8 Å². The fourth-order valence-electron chi connectivity index (χ4n) is 9.20. The van der Waals surface area contributed by atoms with Crippen LogP contribution in [0.1, 0.15) is 85.1 Å². The average molecular weight is 591 g/mol. The average Bonchev–Trinajstić information content (AvgIpc) is 3.49. The zero-order chi connectivity index (χ0) is 30.4. The third-order valence-corrected chi connectivity index (χ3v) is 11.4. The number of nitrogens with zero attached hydrogens (tertiary/aromatic N) is 4. The number of likely N-dealkylation sites (tertiary alicyclic amines) is 1. The molecular weight excluding hydrogens is 544 g/mol. The van der Waals surface area contributed by atoms with Gasteiger partial charge in [0.25, 0.3) is 0 Å². The number of benzene rings is 3. The van der Waals surface area contributed by atoms with Gasteiger partial charge in [0.2, 0.25) is 0 Å². The van der Waals surface area contributed by atoms with Crippen LogP contribution in [-0.2, 0) is 10.2 Å². The molecule has 7 rings (SSSR count). The number of fused-ring (bicyclic) bond motifs is 3. The van der Waals surface area contributed by atoms with Crippen molar-refractivity contribution in [3.05, 3.63) is 101 Å². The molecule has 1 N–H and O–H groups in total. The highest BCUT2D eigenvalue weighted by Gasteiger charge is 2.45. The zero-order valence-corrected chi connectivity index (χ0v) is 26.5. The maximum absolute atomic E-state index is 12.7. The minimum absolute atomic E-state index is 0.0645. The fraction of sp³-hybridized carbons (Fsp3) is 0.474. The Morgan fingerprint density at radius 2 is 1.50 bits per heavy atom. The topological polar surface area (TPSA) is 61.6 Å². The molecule has 1 aromatic heterocycles. The van der Waals surface area contributed by atoms with Crippen molar-refractivity contribution in [2.45, 2.75) is 95.3 Å². The van der Waals surface area contributed by atoms with E-state index in [2.05, 4.69) is 75.9 Å². The number of aromatic nitrogens is 2. The normalized spacial score (nSPS) is 24.5. The first-order valence-corrected chi connectivity index (χ1v) is 16.6. The molecule has 0 radical (unpaired) electrons. The van der Waals surface area contributed by atoms with Gasteiger partial charge in [-0.1, -0.05) is 60.7 Å². The first-order chi connectivity index (χ1) is 21.3. The molecule has 0 saturated carbocycles. The number of rotatable bonds is 8. The van der Waals surface area contributed by atoms with Crippen molar-refractivity contribution in [1.29, 1.82) is 0 Å². The molecule has 3 saturated heterocycles. The summed E-state index contributed by atoms with van der Waals surface area (Å²) in [6.07, 6.45) is 8.05. The Morgan fingerprint density at radius 1 is 0.864 bits per heavy atom. The summed E-state index contributed by atoms with van der Waals surface area (Å²) in [7, 11) is 0. The minimum Gasteiger partial charge on any atom is -0.480 e. The largest absolute Gasteiger partial charge is 0.480 e. The van der Waals surface area contributed by atoms with E-state index >= 15 is 0 Å². The van der Waals surface area contributed by atoms with Gasteiger partial charge in [-0.2, -0.15) is 0 Å². The van der Waals surface area contributed by atoms with Gasteiger partial charge < -0.3 is 9.67 Å². The van der Waals surface area contributed by atoms with E-state index in [0.29, 0.717) is 18.1 Å². The molecule has 3 aliphatic rings. The number of aryl methyl sites for hydroxylation is 3. The zero-order valence-electron chi connectivity index (χ0n) is 26.5. The monoisotopic (exact) mass is 590 g/mol. The van der Waals surface area contributed by atoms with Gasteiger partial charge in [-0.25, -0.2) is 4.98 Å². The molecule has 4 aromatic rings. The van der Waals surface area contributed by atoms with Crippen molar-refractivity contribution in [1.82, 2.24) is 19.4 Å². The van der Waals surface area contributed by atoms with Crippen LogP contribution < -0.4 is 0 Å². The second kappa shape index (κ2) is 11.8. The summed E-state index contributed by atoms with van der Waals surface area (Å²) in [5.41, 5.74) is 6.96. The Hall–Kier alpha value is -3.48. The third kappa shape index (κ3) is 5.16. The van der Waals surface area contributed by atoms with Gasteiger partial charge in [0.1, 0.15) is 11.9 Å². The van der Waals surface area contributed by atoms with Crippen LogP contribution in [0.15, 0.2) is 72.8 Å². The highest BCUT2D eigenvalue weighted by Crippen LogP contribution is 2.46. The van der Waals surface area contributed by atoms with E-state index in [1.54, 1.807) is 0 Å². The molecular formula is C38H46N4O2. The Labute approximate surface area is 261 Å². The van der Waals surface area contributed by atoms with Crippen LogP contribution in [0, 0.1) is 20.8 Å². The van der Waals surface area contributed by atoms with Crippen LogP contribution in [0.2, 0.25) is 0 Å². The molecule has 2 bridgehead atoms. The molecule has 44 heavy (non-hydrogen) atoms. The molecule has 0 spiro atoms. The molecule has 3 aliphatic heterocycles. The molecule has 230 valence electrons. The summed E-state index contributed by atoms with van der Waals surface area (Å²) in [4.78, 5) is 22.7. The lowest BCUT2D eigenvalue weighted by molar-refractivity contribution is -0.144. The Balaban J connectivity index is 1.09. The molecule has 0 amide bonds. The van der Waals surface area contributed by atoms with E-state index in [4.69, 9.17) is 4.98 Å². The molecule has 3 aromatic carbocycles. The number of para-hydroxylation sites is 2. The Morgan fingerprint density at radius 3 is 2.16 bits per heavy atom. The molecule has 0 aliphatic carbocycles. The van der Waals surface area contributed by atoms with Crippen LogP contribution in [0.25, 0.3) is 11.0 Å². The molecule has 1 unspecified atom stereocenters. The quantitative estimate of drug-likeness (QED) is 0.232. The Bertz CT molecular complexity index is 1600. The lowest BCUT2D eigenvalue weighted by Gasteiger charge is -2.47. The number of piperidine rings is 2. The standard InChI is InChI=1S/C38H46N4O2/c1-26-10-9-11-27(2)35(26)36(37(43)44)40-21-18-38(19-22-40,29-12-5-4-6-13-29)20-23-41-30-16-17-31(41)25-32(24-30)42-28(3)39-33-14-7-8-15-34(33)42/h4-15,30-32,36H,16-25H2,1-3H3,(H,43,44)/t30-,31+,32+,36?. The summed E-state index contributed by atoms with van der Waals surface area (Å²) in [6.45, 7) is 8.96. The van der Waals surface area contributed by atoms with Gasteiger partial charge in [0, 0.05) is 31.2 Å². The summed E-state index contributed by atoms with van der Waals surface area (Å²) < 4.78 is 2.52. The van der Waals surface area contributed by atoms with Crippen LogP contribution in [0.4, 0.5) is 0 Å². The number of hydrogen-bond acceptors (Lipinski definition) is 4. The Kier molecular flexibility index (Phi) is 7.84. The van der Waals surface area contributed by atoms with Crippen LogP contribution in [0.3, 0.4) is 0 Å². The highest BCUT2D eigenvalue weighted by molar-refractivity contribution is 5.77. The maximum Gasteiger partial charge on any atom is 0.325 e. The lowest BCUT2D eigenvalue weighted by Crippen LogP contribution is -2.49. The lowest BCUT2D eigenvalue weighted by atomic mass is 9.70. The van der Waals surface area contributed by atoms with E-state index in [0.717, 1.165) is 66.9 Å². The summed E-state index contributed by atoms with van der Waals surface area (Å²) >= 11 is 0. The van der Waals surface area contributed by atoms with Crippen molar-refractivity contribution < 1.29 is 9.90 Å². The molecule has 3 fully saturated rings. The number of carbonyl (C=O) groups is 1. The van der Waals surface area contributed by atoms with Gasteiger partial charge >= 0.3 is 5.97 Å². The van der Waals surface area contributed by atoms with Crippen molar-refractivity contribution >= 4 is 17.0 Å². The summed E-state index contributed by atoms with van der Waals surface area (Å²) in [5.74, 6) is 0.398. The summed E-state index contributed by atoms with van der Waals surface area (Å²) in [6, 6.07) is 26.9.